The highest BCUT2D eigenvalue weighted by Gasteiger charge is 2.20. The molecule has 0 saturated heterocycles. The van der Waals surface area contributed by atoms with Crippen molar-refractivity contribution in [1.29, 1.82) is 0 Å². The molecule has 0 radical (unpaired) electrons. The van der Waals surface area contributed by atoms with Gasteiger partial charge in [-0.1, -0.05) is 17.2 Å². The molecule has 1 aromatic carbocycles. The Kier molecular flexibility index (Phi) is 5.71. The van der Waals surface area contributed by atoms with E-state index < -0.39 is 22.7 Å². The summed E-state index contributed by atoms with van der Waals surface area (Å²) in [6.07, 6.45) is -0.663. The van der Waals surface area contributed by atoms with Crippen molar-refractivity contribution in [3.8, 4) is 0 Å². The predicted molar refractivity (Wildman–Crippen MR) is 79.2 cm³/mol. The molecule has 1 amide bonds. The molecule has 1 N–H and O–H groups in total. The minimum absolute atomic E-state index is 0.0342. The average molecular weight is 307 g/mol. The molecule has 0 spiro atoms. The van der Waals surface area contributed by atoms with Gasteiger partial charge >= 0.3 is 6.09 Å². The van der Waals surface area contributed by atoms with Gasteiger partial charge in [0.2, 0.25) is 0 Å². The van der Waals surface area contributed by atoms with Crippen molar-refractivity contribution in [2.75, 3.05) is 6.54 Å². The molecule has 1 rings (SSSR count). The van der Waals surface area contributed by atoms with Crippen LogP contribution in [-0.4, -0.2) is 23.2 Å². The van der Waals surface area contributed by atoms with Crippen molar-refractivity contribution in [1.82, 2.24) is 5.32 Å². The number of azide groups is 1. The second kappa shape index (κ2) is 7.28. The highest BCUT2D eigenvalue weighted by atomic mass is 16.6. The molecule has 9 heteroatoms. The minimum atomic E-state index is -0.664. The number of nitro benzene ring substituents is 1. The third kappa shape index (κ3) is 5.68. The van der Waals surface area contributed by atoms with Crippen molar-refractivity contribution in [2.45, 2.75) is 32.4 Å². The Morgan fingerprint density at radius 1 is 1.45 bits per heavy atom. The van der Waals surface area contributed by atoms with Gasteiger partial charge in [-0.15, -0.1) is 0 Å². The molecule has 118 valence electrons. The SMILES string of the molecule is CC(C)(C)OC(=O)NC(CN=[N+]=[N-])c1ccc([N+](=O)[O-])cc1. The number of hydrogen-bond acceptors (Lipinski definition) is 5. The second-order valence-electron chi connectivity index (χ2n) is 5.46. The molecule has 0 fully saturated rings. The first kappa shape index (κ1) is 17.3. The Morgan fingerprint density at radius 3 is 2.50 bits per heavy atom. The summed E-state index contributed by atoms with van der Waals surface area (Å²) in [6.45, 7) is 5.14. The van der Waals surface area contributed by atoms with E-state index in [1.54, 1.807) is 20.8 Å². The molecule has 0 aromatic heterocycles. The summed E-state index contributed by atoms with van der Waals surface area (Å²) in [6, 6.07) is 4.98. The van der Waals surface area contributed by atoms with Gasteiger partial charge in [-0.25, -0.2) is 4.79 Å². The van der Waals surface area contributed by atoms with E-state index in [4.69, 9.17) is 10.3 Å². The van der Waals surface area contributed by atoms with E-state index in [2.05, 4.69) is 15.3 Å². The van der Waals surface area contributed by atoms with Crippen molar-refractivity contribution >= 4 is 11.8 Å². The highest BCUT2D eigenvalue weighted by Crippen LogP contribution is 2.19. The number of non-ortho nitro benzene ring substituents is 1. The summed E-state index contributed by atoms with van der Waals surface area (Å²) >= 11 is 0. The van der Waals surface area contributed by atoms with Gasteiger partial charge in [0.05, 0.1) is 17.5 Å². The monoisotopic (exact) mass is 307 g/mol. The van der Waals surface area contributed by atoms with Gasteiger partial charge in [-0.2, -0.15) is 0 Å². The Balaban J connectivity index is 2.90. The van der Waals surface area contributed by atoms with E-state index in [9.17, 15) is 14.9 Å². The maximum atomic E-state index is 11.8. The number of alkyl carbamates (subject to hydrolysis) is 1. The lowest BCUT2D eigenvalue weighted by Crippen LogP contribution is -2.36. The average Bonchev–Trinajstić information content (AvgIpc) is 2.41. The largest absolute Gasteiger partial charge is 0.444 e. The number of carbonyl (C=O) groups is 1. The van der Waals surface area contributed by atoms with Crippen LogP contribution in [0.15, 0.2) is 29.4 Å². The number of amides is 1. The topological polar surface area (TPSA) is 130 Å². The summed E-state index contributed by atoms with van der Waals surface area (Å²) in [7, 11) is 0. The van der Waals surface area contributed by atoms with Crippen LogP contribution in [0.1, 0.15) is 32.4 Å². The molecule has 0 bridgehead atoms. The molecular formula is C13H17N5O4. The first-order valence-corrected chi connectivity index (χ1v) is 6.47. The number of nitro groups is 1. The number of hydrogen-bond donors (Lipinski definition) is 1. The van der Waals surface area contributed by atoms with E-state index in [1.165, 1.54) is 24.3 Å². The lowest BCUT2D eigenvalue weighted by Gasteiger charge is -2.23. The molecule has 0 aliphatic rings. The van der Waals surface area contributed by atoms with Gasteiger partial charge < -0.3 is 10.1 Å². The van der Waals surface area contributed by atoms with E-state index in [1.807, 2.05) is 0 Å². The Hall–Kier alpha value is -2.80. The summed E-state index contributed by atoms with van der Waals surface area (Å²) in [4.78, 5) is 24.6. The van der Waals surface area contributed by atoms with Gasteiger partial charge in [0, 0.05) is 17.0 Å². The summed E-state index contributed by atoms with van der Waals surface area (Å²) in [5, 5.41) is 16.6. The van der Waals surface area contributed by atoms with Crippen LogP contribution in [0.5, 0.6) is 0 Å². The molecule has 0 saturated carbocycles. The Morgan fingerprint density at radius 2 is 2.05 bits per heavy atom. The number of rotatable bonds is 5. The molecule has 9 nitrogen and oxygen atoms in total. The zero-order chi connectivity index (χ0) is 16.8. The van der Waals surface area contributed by atoms with Gasteiger partial charge in [0.25, 0.3) is 5.69 Å². The van der Waals surface area contributed by atoms with E-state index >= 15 is 0 Å². The van der Waals surface area contributed by atoms with Crippen LogP contribution in [0.3, 0.4) is 0 Å². The smallest absolute Gasteiger partial charge is 0.408 e. The first-order chi connectivity index (χ1) is 10.2. The van der Waals surface area contributed by atoms with Crippen molar-refractivity contribution in [3.05, 3.63) is 50.4 Å². The number of benzene rings is 1. The molecule has 1 atom stereocenters. The summed E-state index contributed by atoms with van der Waals surface area (Å²) in [5.41, 5.74) is 8.27. The number of carbonyl (C=O) groups excluding carboxylic acids is 1. The van der Waals surface area contributed by atoms with E-state index in [0.29, 0.717) is 5.56 Å². The quantitative estimate of drug-likeness (QED) is 0.293. The van der Waals surface area contributed by atoms with Crippen LogP contribution in [-0.2, 0) is 4.74 Å². The van der Waals surface area contributed by atoms with E-state index in [-0.39, 0.29) is 12.2 Å². The third-order valence-corrected chi connectivity index (χ3v) is 2.52. The third-order valence-electron chi connectivity index (χ3n) is 2.52. The van der Waals surface area contributed by atoms with Gasteiger partial charge in [-0.3, -0.25) is 10.1 Å². The van der Waals surface area contributed by atoms with Crippen LogP contribution >= 0.6 is 0 Å². The van der Waals surface area contributed by atoms with Crippen LogP contribution < -0.4 is 5.32 Å². The van der Waals surface area contributed by atoms with Crippen LogP contribution in [0.25, 0.3) is 10.4 Å². The molecule has 0 aliphatic carbocycles. The molecule has 0 heterocycles. The fraction of sp³-hybridized carbons (Fsp3) is 0.462. The van der Waals surface area contributed by atoms with Crippen LogP contribution in [0.4, 0.5) is 10.5 Å². The minimum Gasteiger partial charge on any atom is -0.444 e. The lowest BCUT2D eigenvalue weighted by molar-refractivity contribution is -0.384. The molecule has 0 aliphatic heterocycles. The fourth-order valence-electron chi connectivity index (χ4n) is 1.63. The molecule has 22 heavy (non-hydrogen) atoms. The summed E-state index contributed by atoms with van der Waals surface area (Å²) in [5.74, 6) is 0. The van der Waals surface area contributed by atoms with Gasteiger partial charge in [-0.05, 0) is 31.9 Å². The predicted octanol–water partition coefficient (Wildman–Crippen LogP) is 3.47. The normalized spacial score (nSPS) is 12.0. The van der Waals surface area contributed by atoms with Crippen LogP contribution in [0.2, 0.25) is 0 Å². The standard InChI is InChI=1S/C13H17N5O4/c1-13(2,3)22-12(19)16-11(8-15-17-14)9-4-6-10(7-5-9)18(20)21/h4-7,11H,8H2,1-3H3,(H,16,19). The maximum absolute atomic E-state index is 11.8. The zero-order valence-corrected chi connectivity index (χ0v) is 12.5. The molecule has 1 unspecified atom stereocenters. The van der Waals surface area contributed by atoms with Crippen molar-refractivity contribution in [2.24, 2.45) is 5.11 Å². The van der Waals surface area contributed by atoms with E-state index in [0.717, 1.165) is 0 Å². The highest BCUT2D eigenvalue weighted by molar-refractivity contribution is 5.68. The fourth-order valence-corrected chi connectivity index (χ4v) is 1.63. The maximum Gasteiger partial charge on any atom is 0.408 e. The number of nitrogens with one attached hydrogen (secondary N) is 1. The lowest BCUT2D eigenvalue weighted by atomic mass is 10.1. The Bertz CT molecular complexity index is 587. The zero-order valence-electron chi connectivity index (χ0n) is 12.5. The second-order valence-corrected chi connectivity index (χ2v) is 5.46. The van der Waals surface area contributed by atoms with Gasteiger partial charge in [0.15, 0.2) is 0 Å². The first-order valence-electron chi connectivity index (χ1n) is 6.47. The van der Waals surface area contributed by atoms with Crippen LogP contribution in [0, 0.1) is 10.1 Å². The van der Waals surface area contributed by atoms with Crippen molar-refractivity contribution < 1.29 is 14.5 Å². The molecule has 1 aromatic rings. The van der Waals surface area contributed by atoms with Gasteiger partial charge in [0.1, 0.15) is 5.60 Å². The summed E-state index contributed by atoms with van der Waals surface area (Å²) < 4.78 is 5.14. The Labute approximate surface area is 127 Å². The van der Waals surface area contributed by atoms with Crippen molar-refractivity contribution in [3.63, 3.8) is 0 Å². The number of ether oxygens (including phenoxy) is 1. The molecular weight excluding hydrogens is 290 g/mol. The number of nitrogens with zero attached hydrogens (tertiary/aromatic N) is 4.